The summed E-state index contributed by atoms with van der Waals surface area (Å²) in [6, 6.07) is 7.78. The Hall–Kier alpha value is -2.27. The van der Waals surface area contributed by atoms with E-state index in [1.165, 1.54) is 0 Å². The molecule has 1 saturated heterocycles. The third kappa shape index (κ3) is 3.49. The molecule has 1 amide bonds. The van der Waals surface area contributed by atoms with Crippen molar-refractivity contribution in [1.82, 2.24) is 9.88 Å². The van der Waals surface area contributed by atoms with Gasteiger partial charge in [-0.2, -0.15) is 0 Å². The number of aromatic amines is 1. The number of hydrogen-bond acceptors (Lipinski definition) is 3. The van der Waals surface area contributed by atoms with Crippen LogP contribution in [0.25, 0.3) is 0 Å². The second-order valence-electron chi connectivity index (χ2n) is 6.65. The molecule has 138 valence electrons. The van der Waals surface area contributed by atoms with Gasteiger partial charge in [-0.25, -0.2) is 0 Å². The number of anilines is 1. The molecule has 0 unspecified atom stereocenters. The van der Waals surface area contributed by atoms with Gasteiger partial charge in [-0.05, 0) is 44.0 Å². The summed E-state index contributed by atoms with van der Waals surface area (Å²) in [5.41, 5.74) is 3.90. The molecule has 5 nitrogen and oxygen atoms in total. The van der Waals surface area contributed by atoms with E-state index in [4.69, 9.17) is 11.6 Å². The molecule has 1 N–H and O–H groups in total. The first kappa shape index (κ1) is 18.5. The van der Waals surface area contributed by atoms with E-state index in [-0.39, 0.29) is 11.7 Å². The van der Waals surface area contributed by atoms with Crippen LogP contribution in [0.3, 0.4) is 0 Å². The van der Waals surface area contributed by atoms with Crippen LogP contribution < -0.4 is 4.90 Å². The molecule has 1 aliphatic rings. The Kier molecular flexibility index (Phi) is 5.37. The number of aryl methyl sites for hydroxylation is 1. The summed E-state index contributed by atoms with van der Waals surface area (Å²) in [4.78, 5) is 32.2. The fourth-order valence-corrected chi connectivity index (χ4v) is 3.87. The third-order valence-electron chi connectivity index (χ3n) is 4.95. The topological polar surface area (TPSA) is 56.4 Å². The predicted octanol–water partition coefficient (Wildman–Crippen LogP) is 3.70. The molecule has 0 atom stereocenters. The number of aromatic nitrogens is 1. The van der Waals surface area contributed by atoms with Crippen molar-refractivity contribution in [2.24, 2.45) is 0 Å². The van der Waals surface area contributed by atoms with Gasteiger partial charge in [-0.3, -0.25) is 9.59 Å². The van der Waals surface area contributed by atoms with Gasteiger partial charge in [-0.1, -0.05) is 24.6 Å². The van der Waals surface area contributed by atoms with Crippen molar-refractivity contribution in [2.75, 3.05) is 31.1 Å². The van der Waals surface area contributed by atoms with Crippen molar-refractivity contribution in [2.45, 2.75) is 27.2 Å². The smallest absolute Gasteiger partial charge is 0.270 e. The van der Waals surface area contributed by atoms with Crippen molar-refractivity contribution in [1.29, 1.82) is 0 Å². The minimum absolute atomic E-state index is 0.000394. The van der Waals surface area contributed by atoms with Gasteiger partial charge in [0.2, 0.25) is 0 Å². The van der Waals surface area contributed by atoms with Gasteiger partial charge >= 0.3 is 0 Å². The van der Waals surface area contributed by atoms with E-state index in [9.17, 15) is 9.59 Å². The number of carbonyl (C=O) groups excluding carboxylic acids is 2. The highest BCUT2D eigenvalue weighted by Crippen LogP contribution is 2.24. The number of nitrogens with zero attached hydrogens (tertiary/aromatic N) is 2. The predicted molar refractivity (Wildman–Crippen MR) is 104 cm³/mol. The number of hydrogen-bond donors (Lipinski definition) is 1. The lowest BCUT2D eigenvalue weighted by atomic mass is 10.0. The first-order valence-electron chi connectivity index (χ1n) is 8.94. The molecule has 26 heavy (non-hydrogen) atoms. The zero-order valence-electron chi connectivity index (χ0n) is 15.4. The van der Waals surface area contributed by atoms with Crippen LogP contribution in [0.2, 0.25) is 5.02 Å². The van der Waals surface area contributed by atoms with Crippen LogP contribution in [-0.4, -0.2) is 47.8 Å². The Balaban J connectivity index is 1.75. The van der Waals surface area contributed by atoms with E-state index < -0.39 is 0 Å². The number of halogens is 1. The van der Waals surface area contributed by atoms with Gasteiger partial charge in [0.25, 0.3) is 5.91 Å². The largest absolute Gasteiger partial charge is 0.368 e. The van der Waals surface area contributed by atoms with E-state index >= 15 is 0 Å². The molecule has 1 aromatic carbocycles. The van der Waals surface area contributed by atoms with Gasteiger partial charge in [0.05, 0.1) is 0 Å². The fourth-order valence-electron chi connectivity index (χ4n) is 3.69. The highest BCUT2D eigenvalue weighted by atomic mass is 35.5. The SMILES string of the molecule is CCc1c(C(=O)N2CCN(c3cccc(Cl)c3)CC2)[nH]c(C)c1C(C)=O. The van der Waals surface area contributed by atoms with Crippen molar-refractivity contribution >= 4 is 29.0 Å². The minimum atomic E-state index is -0.0248. The van der Waals surface area contributed by atoms with Gasteiger partial charge in [-0.15, -0.1) is 0 Å². The first-order valence-corrected chi connectivity index (χ1v) is 9.32. The summed E-state index contributed by atoms with van der Waals surface area (Å²) in [6.45, 7) is 8.17. The van der Waals surface area contributed by atoms with Gasteiger partial charge in [0.15, 0.2) is 5.78 Å². The summed E-state index contributed by atoms with van der Waals surface area (Å²) < 4.78 is 0. The molecular weight excluding hydrogens is 350 g/mol. The maximum Gasteiger partial charge on any atom is 0.270 e. The number of amides is 1. The lowest BCUT2D eigenvalue weighted by molar-refractivity contribution is 0.0740. The summed E-state index contributed by atoms with van der Waals surface area (Å²) in [5, 5.41) is 0.715. The quantitative estimate of drug-likeness (QED) is 0.831. The van der Waals surface area contributed by atoms with Crippen molar-refractivity contribution in [3.8, 4) is 0 Å². The second-order valence-corrected chi connectivity index (χ2v) is 7.08. The van der Waals surface area contributed by atoms with E-state index in [0.29, 0.717) is 35.8 Å². The van der Waals surface area contributed by atoms with Crippen molar-refractivity contribution in [3.05, 3.63) is 51.8 Å². The zero-order valence-corrected chi connectivity index (χ0v) is 16.2. The van der Waals surface area contributed by atoms with Gasteiger partial charge in [0, 0.05) is 48.1 Å². The average Bonchev–Trinajstić information content (AvgIpc) is 2.97. The lowest BCUT2D eigenvalue weighted by Crippen LogP contribution is -2.49. The van der Waals surface area contributed by atoms with E-state index in [1.54, 1.807) is 6.92 Å². The van der Waals surface area contributed by atoms with Crippen LogP contribution in [0, 0.1) is 6.92 Å². The molecule has 0 bridgehead atoms. The van der Waals surface area contributed by atoms with Crippen LogP contribution in [0.15, 0.2) is 24.3 Å². The second kappa shape index (κ2) is 7.54. The van der Waals surface area contributed by atoms with Crippen molar-refractivity contribution in [3.63, 3.8) is 0 Å². The molecule has 2 heterocycles. The maximum atomic E-state index is 13.0. The molecule has 0 radical (unpaired) electrons. The molecule has 1 aromatic heterocycles. The van der Waals surface area contributed by atoms with Crippen LogP contribution >= 0.6 is 11.6 Å². The first-order chi connectivity index (χ1) is 12.4. The molecule has 6 heteroatoms. The van der Waals surface area contributed by atoms with E-state index in [1.807, 2.05) is 43.0 Å². The fraction of sp³-hybridized carbons (Fsp3) is 0.400. The Morgan fingerprint density at radius 3 is 2.46 bits per heavy atom. The number of Topliss-reactive ketones (excluding diaryl/α,β-unsaturated/α-hetero) is 1. The molecule has 3 rings (SSSR count). The number of H-pyrrole nitrogens is 1. The van der Waals surface area contributed by atoms with Crippen molar-refractivity contribution < 1.29 is 9.59 Å². The van der Waals surface area contributed by atoms with Crippen LogP contribution in [0.1, 0.15) is 46.0 Å². The maximum absolute atomic E-state index is 13.0. The number of nitrogens with one attached hydrogen (secondary N) is 1. The third-order valence-corrected chi connectivity index (χ3v) is 5.19. The Labute approximate surface area is 158 Å². The molecule has 0 aliphatic carbocycles. The van der Waals surface area contributed by atoms with Crippen LogP contribution in [-0.2, 0) is 6.42 Å². The molecular formula is C20H24ClN3O2. The standard InChI is InChI=1S/C20H24ClN3O2/c1-4-17-18(14(3)25)13(2)22-19(17)20(26)24-10-8-23(9-11-24)16-7-5-6-15(21)12-16/h5-7,12,22H,4,8-11H2,1-3H3. The Morgan fingerprint density at radius 2 is 1.88 bits per heavy atom. The molecule has 0 saturated carbocycles. The number of carbonyl (C=O) groups is 2. The van der Waals surface area contributed by atoms with Gasteiger partial charge < -0.3 is 14.8 Å². The highest BCUT2D eigenvalue weighted by molar-refractivity contribution is 6.30. The Bertz CT molecular complexity index is 836. The average molecular weight is 374 g/mol. The summed E-state index contributed by atoms with van der Waals surface area (Å²) >= 11 is 6.08. The van der Waals surface area contributed by atoms with E-state index in [0.717, 1.165) is 30.0 Å². The molecule has 1 fully saturated rings. The molecule has 0 spiro atoms. The molecule has 1 aliphatic heterocycles. The van der Waals surface area contributed by atoms with Crippen LogP contribution in [0.4, 0.5) is 5.69 Å². The number of rotatable bonds is 4. The summed E-state index contributed by atoms with van der Waals surface area (Å²) in [7, 11) is 0. The lowest BCUT2D eigenvalue weighted by Gasteiger charge is -2.36. The van der Waals surface area contributed by atoms with Gasteiger partial charge in [0.1, 0.15) is 5.69 Å². The van der Waals surface area contributed by atoms with Crippen LogP contribution in [0.5, 0.6) is 0 Å². The number of piperazine rings is 1. The minimum Gasteiger partial charge on any atom is -0.368 e. The molecule has 2 aromatic rings. The normalized spacial score (nSPS) is 14.6. The number of ketones is 1. The summed E-state index contributed by atoms with van der Waals surface area (Å²) in [6.07, 6.45) is 0.656. The monoisotopic (exact) mass is 373 g/mol. The zero-order chi connectivity index (χ0) is 18.8. The summed E-state index contributed by atoms with van der Waals surface area (Å²) in [5.74, 6) is -0.0244. The number of benzene rings is 1. The Morgan fingerprint density at radius 1 is 1.19 bits per heavy atom. The van der Waals surface area contributed by atoms with E-state index in [2.05, 4.69) is 9.88 Å². The highest BCUT2D eigenvalue weighted by Gasteiger charge is 2.27.